The third-order valence-corrected chi connectivity index (χ3v) is 10.2. The molecule has 2 aliphatic rings. The normalized spacial score (nSPS) is 34.6. The smallest absolute Gasteiger partial charge is 0.339 e. The Bertz CT molecular complexity index is 1730. The fourth-order valence-electron chi connectivity index (χ4n) is 6.22. The van der Waals surface area contributed by atoms with Gasteiger partial charge in [-0.2, -0.15) is 0 Å². The summed E-state index contributed by atoms with van der Waals surface area (Å²) in [5.41, 5.74) is -9.44. The lowest BCUT2D eigenvalue weighted by molar-refractivity contribution is -0.263. The van der Waals surface area contributed by atoms with Gasteiger partial charge in [0.25, 0.3) is 0 Å². The number of ether oxygens (including phenoxy) is 2. The van der Waals surface area contributed by atoms with E-state index in [-0.39, 0.29) is 22.3 Å². The lowest BCUT2D eigenvalue weighted by Crippen LogP contribution is -2.70. The van der Waals surface area contributed by atoms with Crippen LogP contribution in [0.15, 0.2) is 79.1 Å². The van der Waals surface area contributed by atoms with Crippen LogP contribution < -0.4 is 11.3 Å². The molecule has 6 rings (SSSR count). The summed E-state index contributed by atoms with van der Waals surface area (Å²) >= 11 is 0.527. The Morgan fingerprint density at radius 1 is 0.617 bits per heavy atom. The minimum atomic E-state index is -2.50. The topological polar surface area (TPSA) is 241 Å². The van der Waals surface area contributed by atoms with Gasteiger partial charge in [0.15, 0.2) is 0 Å². The highest BCUT2D eigenvalue weighted by Gasteiger charge is 2.59. The fraction of sp³-hybridized carbons (Fsp3) is 0.438. The van der Waals surface area contributed by atoms with Gasteiger partial charge in [-0.1, -0.05) is 48.2 Å². The van der Waals surface area contributed by atoms with Crippen LogP contribution in [-0.2, 0) is 22.3 Å². The van der Waals surface area contributed by atoms with Gasteiger partial charge in [0.05, 0.1) is 13.2 Å². The van der Waals surface area contributed by atoms with E-state index in [1.54, 1.807) is 48.5 Å². The largest absolute Gasteiger partial charge is 0.423 e. The number of aliphatic hydroxyl groups excluding tert-OH is 6. The molecule has 15 heteroatoms. The van der Waals surface area contributed by atoms with Crippen molar-refractivity contribution in [2.24, 2.45) is 0 Å². The molecule has 0 amide bonds. The molecule has 0 aliphatic carbocycles. The van der Waals surface area contributed by atoms with Crippen molar-refractivity contribution in [3.63, 3.8) is 0 Å². The molecular weight excluding hydrogens is 640 g/mol. The van der Waals surface area contributed by atoms with Crippen molar-refractivity contribution >= 4 is 33.7 Å². The van der Waals surface area contributed by atoms with E-state index in [9.17, 15) is 50.4 Å². The molecule has 0 radical (unpaired) electrons. The Hall–Kier alpha value is -3.19. The highest BCUT2D eigenvalue weighted by atomic mass is 32.2. The summed E-state index contributed by atoms with van der Waals surface area (Å²) in [6.07, 6.45) is -12.0. The number of para-hydroxylation sites is 2. The Labute approximate surface area is 270 Å². The van der Waals surface area contributed by atoms with E-state index in [0.29, 0.717) is 22.5 Å². The van der Waals surface area contributed by atoms with Gasteiger partial charge in [-0.05, 0) is 24.3 Å². The monoisotopic (exact) mass is 674 g/mol. The predicted molar refractivity (Wildman–Crippen MR) is 165 cm³/mol. The van der Waals surface area contributed by atoms with Crippen LogP contribution in [0.2, 0.25) is 0 Å². The van der Waals surface area contributed by atoms with E-state index in [0.717, 1.165) is 0 Å². The minimum absolute atomic E-state index is 0.0901. The van der Waals surface area contributed by atoms with Gasteiger partial charge in [-0.15, -0.1) is 0 Å². The van der Waals surface area contributed by atoms with Gasteiger partial charge in [0, 0.05) is 34.7 Å². The molecule has 4 aromatic rings. The standard InChI is InChI=1S/C32H34O14S/c33-13-21-23(35)31(41,11-17-9-15-5-1-3-7-19(15)43-27(17)39)25(37)29(45-21)47-30-26(38)32(42,24(36)22(14-34)46-30)12-18-10-16-6-2-4-8-20(16)44-28(18)40/h1-10,21-26,29-30,33-38,41-42H,11-14H2/t21-,22-,23+,24+,25+,26+,29+,30+,31+,32+/m1/s1. The number of fused-ring (bicyclic) bond motifs is 2. The first-order valence-electron chi connectivity index (χ1n) is 14.8. The summed E-state index contributed by atoms with van der Waals surface area (Å²) < 4.78 is 22.0. The lowest BCUT2D eigenvalue weighted by atomic mass is 9.80. The van der Waals surface area contributed by atoms with Crippen LogP contribution in [0.5, 0.6) is 0 Å². The van der Waals surface area contributed by atoms with Crippen molar-refractivity contribution in [2.75, 3.05) is 13.2 Å². The van der Waals surface area contributed by atoms with Crippen molar-refractivity contribution in [3.8, 4) is 0 Å². The fourth-order valence-corrected chi connectivity index (χ4v) is 7.67. The molecule has 2 fully saturated rings. The van der Waals surface area contributed by atoms with Gasteiger partial charge >= 0.3 is 11.3 Å². The summed E-state index contributed by atoms with van der Waals surface area (Å²) in [5, 5.41) is 89.3. The van der Waals surface area contributed by atoms with Crippen LogP contribution in [0.3, 0.4) is 0 Å². The molecule has 0 saturated carbocycles. The van der Waals surface area contributed by atoms with Crippen molar-refractivity contribution in [1.82, 2.24) is 0 Å². The maximum Gasteiger partial charge on any atom is 0.339 e. The molecule has 252 valence electrons. The van der Waals surface area contributed by atoms with Crippen molar-refractivity contribution in [3.05, 3.63) is 92.6 Å². The van der Waals surface area contributed by atoms with Crippen molar-refractivity contribution in [2.45, 2.75) is 71.5 Å². The number of rotatable bonds is 8. The molecule has 2 aliphatic heterocycles. The SMILES string of the molecule is O=c1oc2ccccc2cc1C[C@]1(O)[C@@H](O)[C@@H](CO)O[C@@H](S[C@@H]2O[C@H](CO)[C@H](O)[C@@](O)(Cc3cc4ccccc4oc3=O)[C@H]2O)[C@@H]1O. The first kappa shape index (κ1) is 33.7. The second-order valence-corrected chi connectivity index (χ2v) is 13.1. The minimum Gasteiger partial charge on any atom is -0.423 e. The zero-order valence-electron chi connectivity index (χ0n) is 24.7. The first-order valence-corrected chi connectivity index (χ1v) is 15.7. The molecule has 2 aromatic carbocycles. The van der Waals surface area contributed by atoms with Crippen LogP contribution in [0.1, 0.15) is 11.1 Å². The molecular formula is C32H34O14S. The van der Waals surface area contributed by atoms with E-state index >= 15 is 0 Å². The number of aliphatic hydroxyl groups is 8. The van der Waals surface area contributed by atoms with Crippen LogP contribution in [0.25, 0.3) is 21.9 Å². The van der Waals surface area contributed by atoms with E-state index in [1.165, 1.54) is 12.1 Å². The van der Waals surface area contributed by atoms with Crippen LogP contribution in [0, 0.1) is 0 Å². The molecule has 47 heavy (non-hydrogen) atoms. The Morgan fingerprint density at radius 2 is 1.00 bits per heavy atom. The molecule has 2 saturated heterocycles. The summed E-state index contributed by atoms with van der Waals surface area (Å²) in [7, 11) is 0. The number of thioether (sulfide) groups is 1. The highest BCUT2D eigenvalue weighted by molar-refractivity contribution is 8.00. The van der Waals surface area contributed by atoms with Crippen molar-refractivity contribution < 1.29 is 59.2 Å². The molecule has 4 heterocycles. The van der Waals surface area contributed by atoms with Gasteiger partial charge in [-0.25, -0.2) is 9.59 Å². The molecule has 14 nitrogen and oxygen atoms in total. The summed E-state index contributed by atoms with van der Waals surface area (Å²) in [5.74, 6) is 0. The zero-order chi connectivity index (χ0) is 33.7. The Balaban J connectivity index is 1.30. The molecule has 2 aromatic heterocycles. The summed E-state index contributed by atoms with van der Waals surface area (Å²) in [4.78, 5) is 25.6. The zero-order valence-corrected chi connectivity index (χ0v) is 25.5. The number of hydrogen-bond donors (Lipinski definition) is 8. The molecule has 0 spiro atoms. The number of hydrogen-bond acceptors (Lipinski definition) is 15. The summed E-state index contributed by atoms with van der Waals surface area (Å²) in [6.45, 7) is -1.65. The lowest BCUT2D eigenvalue weighted by Gasteiger charge is -2.51. The van der Waals surface area contributed by atoms with E-state index in [4.69, 9.17) is 18.3 Å². The van der Waals surface area contributed by atoms with Gasteiger partial charge < -0.3 is 59.2 Å². The average Bonchev–Trinajstić information content (AvgIpc) is 3.06. The second-order valence-electron chi connectivity index (χ2n) is 11.9. The van der Waals surface area contributed by atoms with E-state index in [1.807, 2.05) is 0 Å². The summed E-state index contributed by atoms with van der Waals surface area (Å²) in [6, 6.07) is 16.1. The van der Waals surface area contributed by atoms with Gasteiger partial charge in [0.2, 0.25) is 0 Å². The molecule has 0 bridgehead atoms. The first-order chi connectivity index (χ1) is 22.4. The Morgan fingerprint density at radius 3 is 1.38 bits per heavy atom. The van der Waals surface area contributed by atoms with Gasteiger partial charge in [-0.3, -0.25) is 0 Å². The second kappa shape index (κ2) is 13.0. The van der Waals surface area contributed by atoms with E-state index in [2.05, 4.69) is 0 Å². The quantitative estimate of drug-likeness (QED) is 0.102. The van der Waals surface area contributed by atoms with Crippen LogP contribution in [-0.4, -0.2) is 113 Å². The predicted octanol–water partition coefficient (Wildman–Crippen LogP) is -1.24. The highest BCUT2D eigenvalue weighted by Crippen LogP contribution is 2.43. The molecule has 8 N–H and O–H groups in total. The van der Waals surface area contributed by atoms with Crippen molar-refractivity contribution in [1.29, 1.82) is 0 Å². The van der Waals surface area contributed by atoms with Gasteiger partial charge in [0.1, 0.15) is 69.9 Å². The third-order valence-electron chi connectivity index (χ3n) is 8.89. The van der Waals surface area contributed by atoms with E-state index < -0.39 is 96.0 Å². The molecule has 0 unspecified atom stereocenters. The third kappa shape index (κ3) is 6.02. The van der Waals surface area contributed by atoms with Crippen LogP contribution in [0.4, 0.5) is 0 Å². The average molecular weight is 675 g/mol. The maximum atomic E-state index is 12.8. The number of benzene rings is 2. The van der Waals surface area contributed by atoms with Crippen LogP contribution >= 0.6 is 11.8 Å². The maximum absolute atomic E-state index is 12.8. The Kier molecular flexibility index (Phi) is 9.34. The molecule has 10 atom stereocenters.